The second-order valence-corrected chi connectivity index (χ2v) is 3.52. The van der Waals surface area contributed by atoms with Gasteiger partial charge >= 0.3 is 0 Å². The number of nitrogens with two attached hydrogens (primary N) is 1. The van der Waals surface area contributed by atoms with E-state index >= 15 is 0 Å². The Kier molecular flexibility index (Phi) is 3.08. The average Bonchev–Trinajstić information content (AvgIpc) is 2.33. The topological polar surface area (TPSA) is 84.8 Å². The van der Waals surface area contributed by atoms with Crippen molar-refractivity contribution in [2.45, 2.75) is 0 Å². The third-order valence-corrected chi connectivity index (χ3v) is 2.23. The van der Waals surface area contributed by atoms with Gasteiger partial charge in [-0.2, -0.15) is 5.26 Å². The van der Waals surface area contributed by atoms with Gasteiger partial charge in [0.05, 0.1) is 5.02 Å². The lowest BCUT2D eigenvalue weighted by Gasteiger charge is -2.07. The Morgan fingerprint density at radius 2 is 2.06 bits per heavy atom. The van der Waals surface area contributed by atoms with Crippen LogP contribution in [0.25, 0.3) is 0 Å². The van der Waals surface area contributed by atoms with Crippen molar-refractivity contribution in [2.24, 2.45) is 0 Å². The molecule has 1 aromatic heterocycles. The minimum atomic E-state index is 0.0976. The van der Waals surface area contributed by atoms with Crippen molar-refractivity contribution in [2.75, 3.05) is 5.73 Å². The number of hydrogen-bond donors (Lipinski definition) is 1. The largest absolute Gasteiger partial charge is 0.435 e. The van der Waals surface area contributed by atoms with Crippen molar-refractivity contribution in [3.63, 3.8) is 0 Å². The quantitative estimate of drug-likeness (QED) is 0.823. The molecular weight excluding hydrogens is 240 g/mol. The van der Waals surface area contributed by atoms with Crippen molar-refractivity contribution in [1.82, 2.24) is 9.97 Å². The molecule has 84 valence electrons. The second kappa shape index (κ2) is 4.68. The van der Waals surface area contributed by atoms with Crippen LogP contribution in [0.5, 0.6) is 11.6 Å². The van der Waals surface area contributed by atoms with E-state index in [0.29, 0.717) is 16.5 Å². The Hall–Kier alpha value is -2.32. The zero-order valence-electron chi connectivity index (χ0n) is 8.59. The number of nitrogens with zero attached hydrogens (tertiary/aromatic N) is 3. The Bertz CT molecular complexity index is 594. The fourth-order valence-electron chi connectivity index (χ4n) is 1.18. The first kappa shape index (κ1) is 11.2. The van der Waals surface area contributed by atoms with Crippen LogP contribution in [0.1, 0.15) is 5.69 Å². The van der Waals surface area contributed by atoms with Crippen LogP contribution in [-0.4, -0.2) is 9.97 Å². The molecular formula is C11H7ClN4O. The number of anilines is 1. The number of hydrogen-bond acceptors (Lipinski definition) is 5. The lowest BCUT2D eigenvalue weighted by molar-refractivity contribution is 0.458. The maximum absolute atomic E-state index is 8.82. The average molecular weight is 247 g/mol. The highest BCUT2D eigenvalue weighted by molar-refractivity contribution is 6.32. The van der Waals surface area contributed by atoms with Crippen LogP contribution < -0.4 is 10.5 Å². The van der Waals surface area contributed by atoms with Gasteiger partial charge < -0.3 is 10.5 Å². The Labute approximate surface area is 102 Å². The summed E-state index contributed by atoms with van der Waals surface area (Å²) < 4.78 is 5.40. The molecule has 0 spiro atoms. The molecule has 0 saturated heterocycles. The van der Waals surface area contributed by atoms with Crippen LogP contribution in [-0.2, 0) is 0 Å². The van der Waals surface area contributed by atoms with Gasteiger partial charge in [0.25, 0.3) is 5.88 Å². The molecule has 5 nitrogen and oxygen atoms in total. The molecule has 0 unspecified atom stereocenters. The fourth-order valence-corrected chi connectivity index (χ4v) is 1.41. The summed E-state index contributed by atoms with van der Waals surface area (Å²) >= 11 is 5.94. The highest BCUT2D eigenvalue weighted by Gasteiger charge is 2.09. The number of ether oxygens (including phenoxy) is 1. The number of rotatable bonds is 2. The summed E-state index contributed by atoms with van der Waals surface area (Å²) in [5.74, 6) is 0.486. The molecule has 0 saturated carbocycles. The van der Waals surface area contributed by atoms with Crippen molar-refractivity contribution < 1.29 is 4.74 Å². The number of halogens is 1. The minimum absolute atomic E-state index is 0.0976. The summed E-state index contributed by atoms with van der Waals surface area (Å²) in [6, 6.07) is 6.68. The molecule has 0 aliphatic carbocycles. The van der Waals surface area contributed by atoms with Gasteiger partial charge in [-0.05, 0) is 18.2 Å². The third-order valence-electron chi connectivity index (χ3n) is 1.93. The number of nitrogen functional groups attached to an aromatic ring is 1. The van der Waals surface area contributed by atoms with E-state index in [2.05, 4.69) is 9.97 Å². The molecule has 0 aliphatic heterocycles. The minimum Gasteiger partial charge on any atom is -0.435 e. The SMILES string of the molecule is N#Cc1nccnc1Oc1ccc(N)cc1Cl. The van der Waals surface area contributed by atoms with Crippen LogP contribution in [0.15, 0.2) is 30.6 Å². The molecule has 0 fully saturated rings. The summed E-state index contributed by atoms with van der Waals surface area (Å²) in [7, 11) is 0. The van der Waals surface area contributed by atoms with Crippen LogP contribution >= 0.6 is 11.6 Å². The molecule has 17 heavy (non-hydrogen) atoms. The molecule has 2 rings (SSSR count). The van der Waals surface area contributed by atoms with Gasteiger partial charge in [-0.15, -0.1) is 0 Å². The third kappa shape index (κ3) is 2.44. The second-order valence-electron chi connectivity index (χ2n) is 3.11. The molecule has 0 aliphatic rings. The van der Waals surface area contributed by atoms with E-state index < -0.39 is 0 Å². The first-order chi connectivity index (χ1) is 8.20. The molecule has 2 N–H and O–H groups in total. The van der Waals surface area contributed by atoms with Crippen LogP contribution in [0.3, 0.4) is 0 Å². The van der Waals surface area contributed by atoms with Gasteiger partial charge in [0, 0.05) is 18.1 Å². The van der Waals surface area contributed by atoms with Gasteiger partial charge in [0.2, 0.25) is 5.69 Å². The molecule has 0 atom stereocenters. The van der Waals surface area contributed by atoms with Crippen molar-refractivity contribution in [1.29, 1.82) is 5.26 Å². The lowest BCUT2D eigenvalue weighted by atomic mass is 10.3. The van der Waals surface area contributed by atoms with E-state index in [4.69, 9.17) is 27.3 Å². The highest BCUT2D eigenvalue weighted by Crippen LogP contribution is 2.30. The molecule has 6 heteroatoms. The first-order valence-electron chi connectivity index (χ1n) is 4.64. The predicted molar refractivity (Wildman–Crippen MR) is 62.7 cm³/mol. The zero-order valence-corrected chi connectivity index (χ0v) is 9.35. The first-order valence-corrected chi connectivity index (χ1v) is 5.02. The van der Waals surface area contributed by atoms with E-state index in [1.165, 1.54) is 12.4 Å². The predicted octanol–water partition coefficient (Wildman–Crippen LogP) is 2.38. The summed E-state index contributed by atoms with van der Waals surface area (Å²) in [5.41, 5.74) is 6.18. The molecule has 2 aromatic rings. The van der Waals surface area contributed by atoms with Gasteiger partial charge in [-0.1, -0.05) is 11.6 Å². The van der Waals surface area contributed by atoms with Crippen LogP contribution in [0, 0.1) is 11.3 Å². The lowest BCUT2D eigenvalue weighted by Crippen LogP contribution is -1.95. The Balaban J connectivity index is 2.35. The molecule has 1 aromatic carbocycles. The fraction of sp³-hybridized carbons (Fsp3) is 0. The van der Waals surface area contributed by atoms with E-state index in [0.717, 1.165) is 0 Å². The monoisotopic (exact) mass is 246 g/mol. The Morgan fingerprint density at radius 3 is 2.76 bits per heavy atom. The number of nitriles is 1. The zero-order chi connectivity index (χ0) is 12.3. The smallest absolute Gasteiger partial charge is 0.256 e. The molecule has 1 heterocycles. The van der Waals surface area contributed by atoms with Crippen LogP contribution in [0.2, 0.25) is 5.02 Å². The maximum Gasteiger partial charge on any atom is 0.256 e. The number of aromatic nitrogens is 2. The van der Waals surface area contributed by atoms with E-state index in [-0.39, 0.29) is 11.6 Å². The van der Waals surface area contributed by atoms with E-state index in [9.17, 15) is 0 Å². The van der Waals surface area contributed by atoms with E-state index in [1.54, 1.807) is 18.2 Å². The van der Waals surface area contributed by atoms with Gasteiger partial charge in [-0.3, -0.25) is 0 Å². The van der Waals surface area contributed by atoms with Crippen molar-refractivity contribution in [3.8, 4) is 17.7 Å². The van der Waals surface area contributed by atoms with Gasteiger partial charge in [-0.25, -0.2) is 9.97 Å². The maximum atomic E-state index is 8.82. The molecule has 0 radical (unpaired) electrons. The summed E-state index contributed by atoms with van der Waals surface area (Å²) in [5, 5.41) is 9.17. The standard InChI is InChI=1S/C11H7ClN4O/c12-8-5-7(14)1-2-10(8)17-11-9(6-13)15-3-4-16-11/h1-5H,14H2. The van der Waals surface area contributed by atoms with Gasteiger partial charge in [0.15, 0.2) is 0 Å². The van der Waals surface area contributed by atoms with Gasteiger partial charge in [0.1, 0.15) is 11.8 Å². The normalized spacial score (nSPS) is 9.65. The van der Waals surface area contributed by atoms with E-state index in [1.807, 2.05) is 6.07 Å². The highest BCUT2D eigenvalue weighted by atomic mass is 35.5. The Morgan fingerprint density at radius 1 is 1.29 bits per heavy atom. The summed E-state index contributed by atoms with van der Waals surface area (Å²) in [6.07, 6.45) is 2.84. The van der Waals surface area contributed by atoms with Crippen LogP contribution in [0.4, 0.5) is 5.69 Å². The summed E-state index contributed by atoms with van der Waals surface area (Å²) in [6.45, 7) is 0. The molecule has 0 bridgehead atoms. The number of benzene rings is 1. The molecule has 0 amide bonds. The summed E-state index contributed by atoms with van der Waals surface area (Å²) in [4.78, 5) is 7.74. The van der Waals surface area contributed by atoms with Crippen molar-refractivity contribution >= 4 is 17.3 Å². The van der Waals surface area contributed by atoms with Crippen molar-refractivity contribution in [3.05, 3.63) is 41.3 Å².